The number of likely N-dealkylation sites (tertiary alicyclic amines) is 1. The van der Waals surface area contributed by atoms with Crippen molar-refractivity contribution in [3.8, 4) is 0 Å². The zero-order valence-corrected chi connectivity index (χ0v) is 9.53. The summed E-state index contributed by atoms with van der Waals surface area (Å²) in [7, 11) is 0. The normalized spacial score (nSPS) is 22.2. The van der Waals surface area contributed by atoms with Gasteiger partial charge in [0, 0.05) is 19.6 Å². The second-order valence-corrected chi connectivity index (χ2v) is 4.67. The Labute approximate surface area is 91.5 Å². The van der Waals surface area contributed by atoms with Crippen molar-refractivity contribution in [3.63, 3.8) is 0 Å². The van der Waals surface area contributed by atoms with Crippen LogP contribution in [-0.4, -0.2) is 29.2 Å². The molecule has 1 saturated heterocycles. The van der Waals surface area contributed by atoms with Crippen LogP contribution in [0.3, 0.4) is 0 Å². The molecule has 1 atom stereocenters. The monoisotopic (exact) mass is 205 g/mol. The lowest BCUT2D eigenvalue weighted by molar-refractivity contribution is 0.175. The van der Waals surface area contributed by atoms with Crippen molar-refractivity contribution < 1.29 is 5.11 Å². The predicted molar refractivity (Wildman–Crippen MR) is 61.8 cm³/mol. The Morgan fingerprint density at radius 3 is 2.47 bits per heavy atom. The molecule has 1 aromatic rings. The van der Waals surface area contributed by atoms with E-state index < -0.39 is 0 Å². The minimum absolute atomic E-state index is 0.115. The Balaban J connectivity index is 2.04. The second-order valence-electron chi connectivity index (χ2n) is 4.67. The summed E-state index contributed by atoms with van der Waals surface area (Å²) >= 11 is 0. The first-order chi connectivity index (χ1) is 7.13. The standard InChI is InChI=1S/C13H19NO/c1-10-5-11(2)7-12(6-10)8-14-4-3-13(15)9-14/h5-7,13,15H,3-4,8-9H2,1-2H3/t13-/m1/s1. The number of nitrogens with zero attached hydrogens (tertiary/aromatic N) is 1. The maximum Gasteiger partial charge on any atom is 0.0679 e. The molecule has 1 aliphatic heterocycles. The van der Waals surface area contributed by atoms with Crippen molar-refractivity contribution >= 4 is 0 Å². The minimum atomic E-state index is -0.115. The lowest BCUT2D eigenvalue weighted by atomic mass is 10.1. The van der Waals surface area contributed by atoms with E-state index in [1.54, 1.807) is 0 Å². The maximum absolute atomic E-state index is 9.45. The average Bonchev–Trinajstić information content (AvgIpc) is 2.49. The third-order valence-electron chi connectivity index (χ3n) is 2.94. The van der Waals surface area contributed by atoms with E-state index in [2.05, 4.69) is 36.9 Å². The van der Waals surface area contributed by atoms with Crippen LogP contribution in [0.15, 0.2) is 18.2 Å². The van der Waals surface area contributed by atoms with E-state index in [0.717, 1.165) is 26.1 Å². The van der Waals surface area contributed by atoms with Gasteiger partial charge in [-0.1, -0.05) is 29.3 Å². The molecule has 15 heavy (non-hydrogen) atoms. The van der Waals surface area contributed by atoms with Gasteiger partial charge in [0.1, 0.15) is 0 Å². The summed E-state index contributed by atoms with van der Waals surface area (Å²) < 4.78 is 0. The third-order valence-corrected chi connectivity index (χ3v) is 2.94. The zero-order chi connectivity index (χ0) is 10.8. The number of hydrogen-bond acceptors (Lipinski definition) is 2. The lowest BCUT2D eigenvalue weighted by Gasteiger charge is -2.15. The number of rotatable bonds is 2. The van der Waals surface area contributed by atoms with Gasteiger partial charge in [-0.05, 0) is 25.8 Å². The molecule has 0 aromatic heterocycles. The van der Waals surface area contributed by atoms with E-state index >= 15 is 0 Å². The van der Waals surface area contributed by atoms with Crippen molar-refractivity contribution in [1.82, 2.24) is 4.90 Å². The fraction of sp³-hybridized carbons (Fsp3) is 0.538. The lowest BCUT2D eigenvalue weighted by Crippen LogP contribution is -2.21. The number of aliphatic hydroxyl groups is 1. The first kappa shape index (κ1) is 10.7. The highest BCUT2D eigenvalue weighted by atomic mass is 16.3. The predicted octanol–water partition coefficient (Wildman–Crippen LogP) is 1.87. The van der Waals surface area contributed by atoms with Crippen LogP contribution in [0.25, 0.3) is 0 Å². The van der Waals surface area contributed by atoms with Gasteiger partial charge in [0.25, 0.3) is 0 Å². The molecule has 2 rings (SSSR count). The number of β-amino-alcohol motifs (C(OH)–C–C–N with tert-alkyl or cyclic N) is 1. The Morgan fingerprint density at radius 1 is 1.27 bits per heavy atom. The summed E-state index contributed by atoms with van der Waals surface area (Å²) in [6.07, 6.45) is 0.807. The number of benzene rings is 1. The highest BCUT2D eigenvalue weighted by Crippen LogP contribution is 2.15. The van der Waals surface area contributed by atoms with Crippen LogP contribution < -0.4 is 0 Å². The van der Waals surface area contributed by atoms with Crippen LogP contribution in [0, 0.1) is 13.8 Å². The van der Waals surface area contributed by atoms with Gasteiger partial charge in [0.2, 0.25) is 0 Å². The Kier molecular flexibility index (Phi) is 3.08. The van der Waals surface area contributed by atoms with Gasteiger partial charge in [-0.25, -0.2) is 0 Å². The molecule has 0 saturated carbocycles. The molecule has 2 heteroatoms. The number of aryl methyl sites for hydroxylation is 2. The molecule has 0 amide bonds. The first-order valence-corrected chi connectivity index (χ1v) is 5.61. The SMILES string of the molecule is Cc1cc(C)cc(CN2CC[C@@H](O)C2)c1. The van der Waals surface area contributed by atoms with Crippen molar-refractivity contribution in [2.75, 3.05) is 13.1 Å². The summed E-state index contributed by atoms with van der Waals surface area (Å²) in [5, 5.41) is 9.45. The third kappa shape index (κ3) is 2.80. The van der Waals surface area contributed by atoms with Gasteiger partial charge in [-0.2, -0.15) is 0 Å². The van der Waals surface area contributed by atoms with Gasteiger partial charge in [-0.3, -0.25) is 4.90 Å². The van der Waals surface area contributed by atoms with Crippen molar-refractivity contribution in [2.45, 2.75) is 32.9 Å². The number of aliphatic hydroxyl groups excluding tert-OH is 1. The van der Waals surface area contributed by atoms with E-state index in [0.29, 0.717) is 0 Å². The average molecular weight is 205 g/mol. The highest BCUT2D eigenvalue weighted by molar-refractivity contribution is 5.28. The van der Waals surface area contributed by atoms with Crippen LogP contribution in [0.5, 0.6) is 0 Å². The molecule has 1 aliphatic rings. The second kappa shape index (κ2) is 4.33. The highest BCUT2D eigenvalue weighted by Gasteiger charge is 2.19. The quantitative estimate of drug-likeness (QED) is 0.796. The first-order valence-electron chi connectivity index (χ1n) is 5.61. The molecule has 1 N–H and O–H groups in total. The molecular weight excluding hydrogens is 186 g/mol. The largest absolute Gasteiger partial charge is 0.392 e. The molecule has 1 aromatic carbocycles. The molecular formula is C13H19NO. The minimum Gasteiger partial charge on any atom is -0.392 e. The van der Waals surface area contributed by atoms with Gasteiger partial charge >= 0.3 is 0 Å². The van der Waals surface area contributed by atoms with Gasteiger partial charge in [0.05, 0.1) is 6.10 Å². The molecule has 0 bridgehead atoms. The molecule has 0 radical (unpaired) electrons. The molecule has 2 nitrogen and oxygen atoms in total. The summed E-state index contributed by atoms with van der Waals surface area (Å²) in [6.45, 7) is 7.09. The Hall–Kier alpha value is -0.860. The van der Waals surface area contributed by atoms with Gasteiger partial charge in [-0.15, -0.1) is 0 Å². The Bertz CT molecular complexity index is 328. The fourth-order valence-corrected chi connectivity index (χ4v) is 2.37. The number of hydrogen-bond donors (Lipinski definition) is 1. The summed E-state index contributed by atoms with van der Waals surface area (Å²) in [5.74, 6) is 0. The van der Waals surface area contributed by atoms with Gasteiger partial charge < -0.3 is 5.11 Å². The van der Waals surface area contributed by atoms with Crippen LogP contribution in [0.4, 0.5) is 0 Å². The topological polar surface area (TPSA) is 23.5 Å². The van der Waals surface area contributed by atoms with E-state index in [-0.39, 0.29) is 6.10 Å². The molecule has 1 fully saturated rings. The van der Waals surface area contributed by atoms with Crippen molar-refractivity contribution in [2.24, 2.45) is 0 Å². The zero-order valence-electron chi connectivity index (χ0n) is 9.53. The van der Waals surface area contributed by atoms with Crippen LogP contribution in [-0.2, 0) is 6.54 Å². The molecule has 1 heterocycles. The van der Waals surface area contributed by atoms with Gasteiger partial charge in [0.15, 0.2) is 0 Å². The molecule has 0 aliphatic carbocycles. The molecule has 82 valence electrons. The smallest absolute Gasteiger partial charge is 0.0679 e. The van der Waals surface area contributed by atoms with E-state index in [1.165, 1.54) is 16.7 Å². The summed E-state index contributed by atoms with van der Waals surface area (Å²) in [5.41, 5.74) is 4.01. The maximum atomic E-state index is 9.45. The molecule has 0 spiro atoms. The van der Waals surface area contributed by atoms with Crippen molar-refractivity contribution in [3.05, 3.63) is 34.9 Å². The summed E-state index contributed by atoms with van der Waals surface area (Å²) in [6, 6.07) is 6.66. The van der Waals surface area contributed by atoms with E-state index in [4.69, 9.17) is 0 Å². The fourth-order valence-electron chi connectivity index (χ4n) is 2.37. The molecule has 0 unspecified atom stereocenters. The Morgan fingerprint density at radius 2 is 1.93 bits per heavy atom. The summed E-state index contributed by atoms with van der Waals surface area (Å²) in [4.78, 5) is 2.32. The van der Waals surface area contributed by atoms with Crippen LogP contribution in [0.1, 0.15) is 23.1 Å². The van der Waals surface area contributed by atoms with Crippen LogP contribution in [0.2, 0.25) is 0 Å². The van der Waals surface area contributed by atoms with E-state index in [9.17, 15) is 5.11 Å². The van der Waals surface area contributed by atoms with Crippen LogP contribution >= 0.6 is 0 Å². The van der Waals surface area contributed by atoms with Crippen molar-refractivity contribution in [1.29, 1.82) is 0 Å². The van der Waals surface area contributed by atoms with E-state index in [1.807, 2.05) is 0 Å².